The quantitative estimate of drug-likeness (QED) is 0.657. The molecule has 2 aromatic rings. The van der Waals surface area contributed by atoms with Crippen LogP contribution < -0.4 is 5.73 Å². The van der Waals surface area contributed by atoms with Crippen molar-refractivity contribution in [1.82, 2.24) is 0 Å². The molecular weight excluding hydrogens is 234 g/mol. The van der Waals surface area contributed by atoms with Gasteiger partial charge in [-0.1, -0.05) is 12.1 Å². The maximum atomic E-state index is 12.5. The van der Waals surface area contributed by atoms with Crippen LogP contribution in [0.3, 0.4) is 0 Å². The van der Waals surface area contributed by atoms with E-state index in [9.17, 15) is 4.79 Å². The molecule has 1 aliphatic rings. The molecule has 2 N–H and O–H groups in total. The Morgan fingerprint density at radius 3 is 2.47 bits per heavy atom. The molecule has 0 radical (unpaired) electrons. The number of hydrogen-bond donors (Lipinski definition) is 1. The predicted octanol–water partition coefficient (Wildman–Crippen LogP) is 3.30. The van der Waals surface area contributed by atoms with E-state index in [1.807, 2.05) is 19.1 Å². The first-order valence-corrected chi connectivity index (χ1v) is 6.68. The smallest absolute Gasteiger partial charge is 0.193 e. The molecule has 0 spiro atoms. The number of rotatable bonds is 2. The maximum Gasteiger partial charge on any atom is 0.193 e. The van der Waals surface area contributed by atoms with E-state index < -0.39 is 0 Å². The third kappa shape index (κ3) is 2.14. The largest absolute Gasteiger partial charge is 0.399 e. The average molecular weight is 251 g/mol. The number of anilines is 1. The normalized spacial score (nSPS) is 13.3. The molecule has 2 aromatic carbocycles. The first-order chi connectivity index (χ1) is 9.15. The lowest BCUT2D eigenvalue weighted by molar-refractivity contribution is 0.103. The van der Waals surface area contributed by atoms with Gasteiger partial charge in [0.25, 0.3) is 0 Å². The molecule has 0 aromatic heterocycles. The first-order valence-electron chi connectivity index (χ1n) is 6.68. The van der Waals surface area contributed by atoms with Gasteiger partial charge in [0, 0.05) is 16.8 Å². The Labute approximate surface area is 113 Å². The highest BCUT2D eigenvalue weighted by molar-refractivity contribution is 6.09. The van der Waals surface area contributed by atoms with Crippen molar-refractivity contribution in [2.24, 2.45) is 0 Å². The van der Waals surface area contributed by atoms with Gasteiger partial charge in [0.05, 0.1) is 0 Å². The van der Waals surface area contributed by atoms with Crippen molar-refractivity contribution in [1.29, 1.82) is 0 Å². The van der Waals surface area contributed by atoms with Gasteiger partial charge in [-0.3, -0.25) is 4.79 Å². The lowest BCUT2D eigenvalue weighted by Crippen LogP contribution is -2.03. The monoisotopic (exact) mass is 251 g/mol. The Balaban J connectivity index is 1.97. The van der Waals surface area contributed by atoms with Crippen molar-refractivity contribution in [3.8, 4) is 0 Å². The van der Waals surface area contributed by atoms with E-state index in [4.69, 9.17) is 5.73 Å². The van der Waals surface area contributed by atoms with E-state index in [0.29, 0.717) is 5.56 Å². The van der Waals surface area contributed by atoms with Gasteiger partial charge in [-0.15, -0.1) is 0 Å². The number of benzene rings is 2. The van der Waals surface area contributed by atoms with Gasteiger partial charge >= 0.3 is 0 Å². The van der Waals surface area contributed by atoms with Crippen molar-refractivity contribution in [3.63, 3.8) is 0 Å². The van der Waals surface area contributed by atoms with Crippen LogP contribution in [0.2, 0.25) is 0 Å². The summed E-state index contributed by atoms with van der Waals surface area (Å²) in [4.78, 5) is 12.5. The molecule has 2 heteroatoms. The SMILES string of the molecule is Cc1cc(C(=O)c2ccc3c(c2)CCC3)ccc1N. The van der Waals surface area contributed by atoms with Crippen LogP contribution in [0.4, 0.5) is 5.69 Å². The van der Waals surface area contributed by atoms with Gasteiger partial charge in [-0.25, -0.2) is 0 Å². The molecule has 0 heterocycles. The molecule has 0 fully saturated rings. The molecule has 3 rings (SSSR count). The predicted molar refractivity (Wildman–Crippen MR) is 77.5 cm³/mol. The van der Waals surface area contributed by atoms with E-state index >= 15 is 0 Å². The Hall–Kier alpha value is -2.09. The summed E-state index contributed by atoms with van der Waals surface area (Å²) in [6.45, 7) is 1.93. The minimum Gasteiger partial charge on any atom is -0.399 e. The summed E-state index contributed by atoms with van der Waals surface area (Å²) in [5, 5.41) is 0. The number of hydrogen-bond acceptors (Lipinski definition) is 2. The van der Waals surface area contributed by atoms with E-state index in [1.54, 1.807) is 12.1 Å². The molecule has 0 unspecified atom stereocenters. The van der Waals surface area contributed by atoms with Crippen LogP contribution in [0, 0.1) is 6.92 Å². The standard InChI is InChI=1S/C17H17NO/c1-11-9-14(7-8-16(11)18)17(19)15-6-5-12-3-2-4-13(12)10-15/h5-10H,2-4,18H2,1H3. The van der Waals surface area contributed by atoms with Crippen molar-refractivity contribution in [2.75, 3.05) is 5.73 Å². The third-order valence-corrected chi connectivity index (χ3v) is 3.89. The fraction of sp³-hybridized carbons (Fsp3) is 0.235. The zero-order valence-electron chi connectivity index (χ0n) is 11.1. The molecule has 19 heavy (non-hydrogen) atoms. The number of nitrogens with two attached hydrogens (primary N) is 1. The van der Waals surface area contributed by atoms with Crippen LogP contribution in [0.15, 0.2) is 36.4 Å². The highest BCUT2D eigenvalue weighted by atomic mass is 16.1. The van der Waals surface area contributed by atoms with Gasteiger partial charge in [-0.2, -0.15) is 0 Å². The van der Waals surface area contributed by atoms with Crippen LogP contribution in [-0.4, -0.2) is 5.78 Å². The Morgan fingerprint density at radius 1 is 1.00 bits per heavy atom. The molecule has 0 aliphatic heterocycles. The fourth-order valence-corrected chi connectivity index (χ4v) is 2.70. The minimum atomic E-state index is 0.0813. The number of aryl methyl sites for hydroxylation is 3. The summed E-state index contributed by atoms with van der Waals surface area (Å²) in [5.74, 6) is 0.0813. The van der Waals surface area contributed by atoms with Crippen molar-refractivity contribution < 1.29 is 4.79 Å². The van der Waals surface area contributed by atoms with Gasteiger partial charge in [-0.05, 0) is 67.1 Å². The summed E-state index contributed by atoms with van der Waals surface area (Å²) in [6, 6.07) is 11.6. The summed E-state index contributed by atoms with van der Waals surface area (Å²) >= 11 is 0. The van der Waals surface area contributed by atoms with Gasteiger partial charge in [0.15, 0.2) is 5.78 Å². The average Bonchev–Trinajstić information content (AvgIpc) is 2.88. The molecule has 0 saturated carbocycles. The molecule has 0 bridgehead atoms. The lowest BCUT2D eigenvalue weighted by Gasteiger charge is -2.06. The van der Waals surface area contributed by atoms with Crippen LogP contribution in [0.5, 0.6) is 0 Å². The van der Waals surface area contributed by atoms with Crippen LogP contribution >= 0.6 is 0 Å². The fourth-order valence-electron chi connectivity index (χ4n) is 2.70. The number of carbonyl (C=O) groups excluding carboxylic acids is 1. The van der Waals surface area contributed by atoms with Crippen LogP contribution in [-0.2, 0) is 12.8 Å². The number of nitrogen functional groups attached to an aromatic ring is 1. The second-order valence-corrected chi connectivity index (χ2v) is 5.24. The summed E-state index contributed by atoms with van der Waals surface area (Å²) in [5.41, 5.74) is 11.7. The van der Waals surface area contributed by atoms with Gasteiger partial charge < -0.3 is 5.73 Å². The molecular formula is C17H17NO. The van der Waals surface area contributed by atoms with Gasteiger partial charge in [0.1, 0.15) is 0 Å². The van der Waals surface area contributed by atoms with E-state index in [0.717, 1.165) is 29.7 Å². The molecule has 1 aliphatic carbocycles. The summed E-state index contributed by atoms with van der Waals surface area (Å²) in [7, 11) is 0. The first kappa shape index (κ1) is 12.0. The molecule has 0 saturated heterocycles. The Kier molecular flexibility index (Phi) is 2.86. The Bertz CT molecular complexity index is 658. The summed E-state index contributed by atoms with van der Waals surface area (Å²) < 4.78 is 0. The van der Waals surface area contributed by atoms with E-state index in [-0.39, 0.29) is 5.78 Å². The highest BCUT2D eigenvalue weighted by Gasteiger charge is 2.15. The number of fused-ring (bicyclic) bond motifs is 1. The number of ketones is 1. The van der Waals surface area contributed by atoms with Crippen molar-refractivity contribution >= 4 is 11.5 Å². The third-order valence-electron chi connectivity index (χ3n) is 3.89. The zero-order valence-corrected chi connectivity index (χ0v) is 11.1. The minimum absolute atomic E-state index is 0.0813. The van der Waals surface area contributed by atoms with E-state index in [1.165, 1.54) is 17.5 Å². The van der Waals surface area contributed by atoms with E-state index in [2.05, 4.69) is 12.1 Å². The Morgan fingerprint density at radius 2 is 1.68 bits per heavy atom. The maximum absolute atomic E-state index is 12.5. The van der Waals surface area contributed by atoms with Crippen molar-refractivity contribution in [2.45, 2.75) is 26.2 Å². The second kappa shape index (κ2) is 4.54. The zero-order chi connectivity index (χ0) is 13.4. The number of carbonyl (C=O) groups is 1. The lowest BCUT2D eigenvalue weighted by atomic mass is 9.98. The molecule has 2 nitrogen and oxygen atoms in total. The topological polar surface area (TPSA) is 43.1 Å². The van der Waals surface area contributed by atoms with Crippen LogP contribution in [0.25, 0.3) is 0 Å². The molecule has 96 valence electrons. The highest BCUT2D eigenvalue weighted by Crippen LogP contribution is 2.24. The summed E-state index contributed by atoms with van der Waals surface area (Å²) in [6.07, 6.45) is 3.44. The second-order valence-electron chi connectivity index (χ2n) is 5.24. The molecule has 0 atom stereocenters. The van der Waals surface area contributed by atoms with Gasteiger partial charge in [0.2, 0.25) is 0 Å². The molecule has 0 amide bonds. The van der Waals surface area contributed by atoms with Crippen molar-refractivity contribution in [3.05, 3.63) is 64.2 Å². The van der Waals surface area contributed by atoms with Crippen LogP contribution in [0.1, 0.15) is 39.0 Å².